The van der Waals surface area contributed by atoms with E-state index in [0.717, 1.165) is 11.4 Å². The van der Waals surface area contributed by atoms with Crippen LogP contribution in [0, 0.1) is 13.8 Å². The van der Waals surface area contributed by atoms with Crippen molar-refractivity contribution in [2.24, 2.45) is 0 Å². The predicted molar refractivity (Wildman–Crippen MR) is 116 cm³/mol. The lowest BCUT2D eigenvalue weighted by Gasteiger charge is -2.27. The number of amides is 1. The molecule has 0 aliphatic carbocycles. The van der Waals surface area contributed by atoms with Crippen LogP contribution in [-0.2, 0) is 16.0 Å². The maximum atomic E-state index is 12.6. The van der Waals surface area contributed by atoms with Crippen LogP contribution in [0.15, 0.2) is 29.1 Å². The fraction of sp³-hybridized carbons (Fsp3) is 0.381. The number of morpholine rings is 1. The van der Waals surface area contributed by atoms with E-state index in [1.807, 2.05) is 30.0 Å². The Labute approximate surface area is 179 Å². The van der Waals surface area contributed by atoms with E-state index in [4.69, 9.17) is 4.74 Å². The molecule has 4 rings (SSSR count). The zero-order valence-corrected chi connectivity index (χ0v) is 17.6. The number of nitrogens with one attached hydrogen (secondary N) is 3. The number of rotatable bonds is 6. The van der Waals surface area contributed by atoms with Crippen LogP contribution in [0.2, 0.25) is 0 Å². The van der Waals surface area contributed by atoms with Crippen molar-refractivity contribution in [2.75, 3.05) is 36.5 Å². The molecule has 2 aromatic heterocycles. The van der Waals surface area contributed by atoms with Crippen molar-refractivity contribution in [3.05, 3.63) is 51.7 Å². The van der Waals surface area contributed by atoms with Gasteiger partial charge in [0.25, 0.3) is 5.56 Å². The summed E-state index contributed by atoms with van der Waals surface area (Å²) in [6.45, 7) is 6.24. The van der Waals surface area contributed by atoms with E-state index in [-0.39, 0.29) is 17.9 Å². The van der Waals surface area contributed by atoms with Gasteiger partial charge in [-0.25, -0.2) is 9.97 Å². The van der Waals surface area contributed by atoms with E-state index in [9.17, 15) is 9.59 Å². The summed E-state index contributed by atoms with van der Waals surface area (Å²) in [4.78, 5) is 38.7. The molecule has 162 valence electrons. The molecule has 0 radical (unpaired) electrons. The number of aryl methyl sites for hydroxylation is 2. The van der Waals surface area contributed by atoms with Crippen LogP contribution in [0.1, 0.15) is 23.5 Å². The van der Waals surface area contributed by atoms with E-state index in [1.54, 1.807) is 13.0 Å². The Morgan fingerprint density at radius 2 is 2.03 bits per heavy atom. The van der Waals surface area contributed by atoms with Crippen molar-refractivity contribution in [1.82, 2.24) is 25.1 Å². The molecule has 1 amide bonds. The molecule has 1 aliphatic heterocycles. The van der Waals surface area contributed by atoms with E-state index < -0.39 is 0 Å². The molecule has 0 atom stereocenters. The van der Waals surface area contributed by atoms with Crippen molar-refractivity contribution in [1.29, 1.82) is 0 Å². The smallest absolute Gasteiger partial charge is 0.255 e. The van der Waals surface area contributed by atoms with E-state index in [0.29, 0.717) is 61.4 Å². The van der Waals surface area contributed by atoms with Crippen molar-refractivity contribution >= 4 is 17.5 Å². The predicted octanol–water partition coefficient (Wildman–Crippen LogP) is 1.58. The number of ether oxygens (including phenoxy) is 1. The van der Waals surface area contributed by atoms with E-state index in [1.165, 1.54) is 0 Å². The first kappa shape index (κ1) is 20.7. The average molecular weight is 423 g/mol. The molecule has 0 unspecified atom stereocenters. The number of hydrogen-bond donors (Lipinski definition) is 3. The summed E-state index contributed by atoms with van der Waals surface area (Å²) in [5, 5.41) is 9.81. The largest absolute Gasteiger partial charge is 0.378 e. The summed E-state index contributed by atoms with van der Waals surface area (Å²) in [5.74, 6) is 1.66. The highest BCUT2D eigenvalue weighted by atomic mass is 16.5. The Kier molecular flexibility index (Phi) is 6.08. The lowest BCUT2D eigenvalue weighted by molar-refractivity contribution is -0.116. The summed E-state index contributed by atoms with van der Waals surface area (Å²) in [5.41, 5.74) is 2.41. The molecule has 10 heteroatoms. The van der Waals surface area contributed by atoms with Gasteiger partial charge in [0.15, 0.2) is 5.82 Å². The maximum Gasteiger partial charge on any atom is 0.255 e. The molecule has 31 heavy (non-hydrogen) atoms. The summed E-state index contributed by atoms with van der Waals surface area (Å²) < 4.78 is 5.34. The highest BCUT2D eigenvalue weighted by Gasteiger charge is 2.17. The monoisotopic (exact) mass is 423 g/mol. The number of carbonyl (C=O) groups is 1. The second-order valence-corrected chi connectivity index (χ2v) is 7.43. The Balaban J connectivity index is 1.39. The minimum absolute atomic E-state index is 0.173. The summed E-state index contributed by atoms with van der Waals surface area (Å²) in [6.07, 6.45) is 0.482. The molecule has 3 heterocycles. The number of H-pyrrole nitrogens is 2. The summed E-state index contributed by atoms with van der Waals surface area (Å²) >= 11 is 0. The number of hydrogen-bond acceptors (Lipinski definition) is 7. The molecule has 1 saturated heterocycles. The first-order valence-corrected chi connectivity index (χ1v) is 10.2. The maximum absolute atomic E-state index is 12.6. The van der Waals surface area contributed by atoms with Gasteiger partial charge in [0.1, 0.15) is 5.82 Å². The lowest BCUT2D eigenvalue weighted by Crippen LogP contribution is -2.38. The molecule has 1 aromatic carbocycles. The van der Waals surface area contributed by atoms with Crippen LogP contribution in [-0.4, -0.2) is 57.4 Å². The van der Waals surface area contributed by atoms with E-state index in [2.05, 4.69) is 30.5 Å². The van der Waals surface area contributed by atoms with Crippen LogP contribution < -0.4 is 15.8 Å². The third kappa shape index (κ3) is 4.97. The minimum Gasteiger partial charge on any atom is -0.378 e. The van der Waals surface area contributed by atoms with Gasteiger partial charge in [-0.1, -0.05) is 12.1 Å². The van der Waals surface area contributed by atoms with Crippen LogP contribution >= 0.6 is 0 Å². The Hall–Kier alpha value is -3.53. The fourth-order valence-corrected chi connectivity index (χ4v) is 3.48. The first-order valence-electron chi connectivity index (χ1n) is 10.2. The van der Waals surface area contributed by atoms with Crippen LogP contribution in [0.25, 0.3) is 11.4 Å². The molecule has 0 bridgehead atoms. The van der Waals surface area contributed by atoms with Crippen LogP contribution in [0.3, 0.4) is 0 Å². The third-order valence-corrected chi connectivity index (χ3v) is 5.12. The van der Waals surface area contributed by atoms with Crippen molar-refractivity contribution in [3.63, 3.8) is 0 Å². The number of aromatic amines is 2. The van der Waals surface area contributed by atoms with Gasteiger partial charge in [0.05, 0.1) is 13.2 Å². The molecular formula is C21H25N7O3. The average Bonchev–Trinajstić information content (AvgIpc) is 3.20. The molecule has 1 fully saturated rings. The zero-order valence-electron chi connectivity index (χ0n) is 17.6. The topological polar surface area (TPSA) is 129 Å². The normalized spacial score (nSPS) is 13.9. The Morgan fingerprint density at radius 3 is 2.74 bits per heavy atom. The van der Waals surface area contributed by atoms with Gasteiger partial charge in [-0.2, -0.15) is 5.10 Å². The molecule has 3 aromatic rings. The SMILES string of the molecule is Cc1nc(-c2cccc(NC(=O)CCc3c(C)nc(N4CCOCC4)[nH]c3=O)c2)n[nH]1. The van der Waals surface area contributed by atoms with E-state index >= 15 is 0 Å². The molecule has 3 N–H and O–H groups in total. The quantitative estimate of drug-likeness (QED) is 0.549. The minimum atomic E-state index is -0.205. The Bertz CT molecular complexity index is 1130. The van der Waals surface area contributed by atoms with Crippen LogP contribution in [0.5, 0.6) is 0 Å². The van der Waals surface area contributed by atoms with Gasteiger partial charge in [-0.3, -0.25) is 19.7 Å². The third-order valence-electron chi connectivity index (χ3n) is 5.12. The molecule has 10 nitrogen and oxygen atoms in total. The number of carbonyl (C=O) groups excluding carboxylic acids is 1. The highest BCUT2D eigenvalue weighted by molar-refractivity contribution is 5.91. The first-order chi connectivity index (χ1) is 15.0. The van der Waals surface area contributed by atoms with Crippen molar-refractivity contribution in [2.45, 2.75) is 26.7 Å². The molecular weight excluding hydrogens is 398 g/mol. The van der Waals surface area contributed by atoms with Gasteiger partial charge in [0.2, 0.25) is 11.9 Å². The van der Waals surface area contributed by atoms with Crippen LogP contribution in [0.4, 0.5) is 11.6 Å². The van der Waals surface area contributed by atoms with Gasteiger partial charge >= 0.3 is 0 Å². The second-order valence-electron chi connectivity index (χ2n) is 7.43. The van der Waals surface area contributed by atoms with Crippen molar-refractivity contribution < 1.29 is 9.53 Å². The van der Waals surface area contributed by atoms with Gasteiger partial charge in [0, 0.05) is 42.0 Å². The fourth-order valence-electron chi connectivity index (χ4n) is 3.48. The van der Waals surface area contributed by atoms with Gasteiger partial charge < -0.3 is 15.0 Å². The summed E-state index contributed by atoms with van der Waals surface area (Å²) in [7, 11) is 0. The second kappa shape index (κ2) is 9.09. The number of nitrogens with zero attached hydrogens (tertiary/aromatic N) is 4. The Morgan fingerprint density at radius 1 is 1.23 bits per heavy atom. The van der Waals surface area contributed by atoms with Crippen molar-refractivity contribution in [3.8, 4) is 11.4 Å². The zero-order chi connectivity index (χ0) is 21.8. The van der Waals surface area contributed by atoms with Gasteiger partial charge in [-0.15, -0.1) is 0 Å². The number of benzene rings is 1. The lowest BCUT2D eigenvalue weighted by atomic mass is 10.1. The highest BCUT2D eigenvalue weighted by Crippen LogP contribution is 2.19. The van der Waals surface area contributed by atoms with Gasteiger partial charge in [-0.05, 0) is 32.4 Å². The molecule has 0 saturated carbocycles. The number of aromatic nitrogens is 5. The molecule has 0 spiro atoms. The number of anilines is 2. The summed E-state index contributed by atoms with van der Waals surface area (Å²) in [6, 6.07) is 7.33. The molecule has 1 aliphatic rings. The standard InChI is InChI=1S/C21H25N7O3/c1-13-17(20(30)25-21(22-13)28-8-10-31-11-9-28)6-7-18(29)24-16-5-3-4-15(12-16)19-23-14(2)26-27-19/h3-5,12H,6-11H2,1-2H3,(H,24,29)(H,22,25,30)(H,23,26,27).